The minimum absolute atomic E-state index is 0.541. The summed E-state index contributed by atoms with van der Waals surface area (Å²) in [5, 5.41) is 3.45. The van der Waals surface area contributed by atoms with Crippen molar-refractivity contribution in [3.05, 3.63) is 0 Å². The van der Waals surface area contributed by atoms with Crippen LogP contribution >= 0.6 is 0 Å². The van der Waals surface area contributed by atoms with Gasteiger partial charge in [0.1, 0.15) is 0 Å². The van der Waals surface area contributed by atoms with Gasteiger partial charge < -0.3 is 15.1 Å². The lowest BCUT2D eigenvalue weighted by molar-refractivity contribution is 0.104. The molecule has 1 aliphatic carbocycles. The zero-order chi connectivity index (χ0) is 13.7. The van der Waals surface area contributed by atoms with Gasteiger partial charge >= 0.3 is 0 Å². The van der Waals surface area contributed by atoms with Gasteiger partial charge in [0, 0.05) is 25.7 Å². The van der Waals surface area contributed by atoms with Gasteiger partial charge in [0.25, 0.3) is 0 Å². The normalized spacial score (nSPS) is 28.1. The Hall–Kier alpha value is -0.120. The summed E-state index contributed by atoms with van der Waals surface area (Å²) in [5.74, 6) is 0. The van der Waals surface area contributed by atoms with Crippen LogP contribution in [0.25, 0.3) is 0 Å². The summed E-state index contributed by atoms with van der Waals surface area (Å²) >= 11 is 0. The third-order valence-corrected chi connectivity index (χ3v) is 5.27. The monoisotopic (exact) mass is 267 g/mol. The van der Waals surface area contributed by atoms with Gasteiger partial charge in [-0.3, -0.25) is 0 Å². The molecule has 3 nitrogen and oxygen atoms in total. The van der Waals surface area contributed by atoms with Crippen LogP contribution in [0.4, 0.5) is 0 Å². The van der Waals surface area contributed by atoms with Gasteiger partial charge in [0.05, 0.1) is 0 Å². The van der Waals surface area contributed by atoms with Gasteiger partial charge in [0.15, 0.2) is 0 Å². The molecule has 1 atom stereocenters. The van der Waals surface area contributed by atoms with E-state index in [2.05, 4.69) is 36.3 Å². The maximum absolute atomic E-state index is 3.45. The first kappa shape index (κ1) is 15.3. The molecule has 3 heteroatoms. The van der Waals surface area contributed by atoms with Crippen molar-refractivity contribution in [2.45, 2.75) is 51.0 Å². The summed E-state index contributed by atoms with van der Waals surface area (Å²) in [5.41, 5.74) is 0.541. The molecule has 112 valence electrons. The zero-order valence-corrected chi connectivity index (χ0v) is 13.2. The van der Waals surface area contributed by atoms with E-state index in [1.807, 2.05) is 0 Å². The Labute approximate surface area is 119 Å². The van der Waals surface area contributed by atoms with Gasteiger partial charge in [-0.1, -0.05) is 19.3 Å². The van der Waals surface area contributed by atoms with Crippen molar-refractivity contribution in [2.75, 3.05) is 47.3 Å². The van der Waals surface area contributed by atoms with E-state index in [9.17, 15) is 0 Å². The van der Waals surface area contributed by atoms with Crippen LogP contribution in [0.5, 0.6) is 0 Å². The third kappa shape index (κ3) is 4.17. The highest BCUT2D eigenvalue weighted by molar-refractivity contribution is 4.88. The number of hydrogen-bond acceptors (Lipinski definition) is 3. The first-order valence-electron chi connectivity index (χ1n) is 8.19. The summed E-state index contributed by atoms with van der Waals surface area (Å²) in [6.45, 7) is 5.01. The van der Waals surface area contributed by atoms with Crippen molar-refractivity contribution in [1.82, 2.24) is 15.1 Å². The highest BCUT2D eigenvalue weighted by Gasteiger charge is 2.33. The van der Waals surface area contributed by atoms with Crippen LogP contribution in [-0.4, -0.2) is 63.2 Å². The van der Waals surface area contributed by atoms with Crippen molar-refractivity contribution >= 4 is 0 Å². The molecule has 0 aromatic heterocycles. The molecule has 2 fully saturated rings. The largest absolute Gasteiger partial charge is 0.319 e. The SMILES string of the molecule is CNCC1(CN(C)CC2CCCN2C)CCCCC1. The molecule has 0 radical (unpaired) electrons. The van der Waals surface area contributed by atoms with Gasteiger partial charge in [0.2, 0.25) is 0 Å². The number of hydrogen-bond donors (Lipinski definition) is 1. The lowest BCUT2D eigenvalue weighted by Gasteiger charge is -2.41. The highest BCUT2D eigenvalue weighted by atomic mass is 15.2. The van der Waals surface area contributed by atoms with E-state index in [0.717, 1.165) is 6.04 Å². The molecule has 1 saturated carbocycles. The number of likely N-dealkylation sites (N-methyl/N-ethyl adjacent to an activating group) is 2. The molecule has 0 bridgehead atoms. The van der Waals surface area contributed by atoms with E-state index >= 15 is 0 Å². The van der Waals surface area contributed by atoms with E-state index in [1.165, 1.54) is 71.1 Å². The standard InChI is InChI=1S/C16H33N3/c1-17-13-16(9-5-4-6-10-16)14-18(2)12-15-8-7-11-19(15)3/h15,17H,4-14H2,1-3H3. The van der Waals surface area contributed by atoms with Crippen LogP contribution in [0.3, 0.4) is 0 Å². The highest BCUT2D eigenvalue weighted by Crippen LogP contribution is 2.36. The summed E-state index contributed by atoms with van der Waals surface area (Å²) in [6, 6.07) is 0.792. The van der Waals surface area contributed by atoms with Crippen LogP contribution in [0.15, 0.2) is 0 Å². The fraction of sp³-hybridized carbons (Fsp3) is 1.00. The van der Waals surface area contributed by atoms with Crippen LogP contribution in [0, 0.1) is 5.41 Å². The molecule has 2 aliphatic rings. The predicted octanol–water partition coefficient (Wildman–Crippen LogP) is 2.18. The van der Waals surface area contributed by atoms with Crippen molar-refractivity contribution in [1.29, 1.82) is 0 Å². The second-order valence-corrected chi connectivity index (χ2v) is 7.06. The number of rotatable bonds is 6. The average molecular weight is 267 g/mol. The van der Waals surface area contributed by atoms with E-state index < -0.39 is 0 Å². The average Bonchev–Trinajstić information content (AvgIpc) is 2.76. The molecule has 0 aromatic carbocycles. The second-order valence-electron chi connectivity index (χ2n) is 7.06. The van der Waals surface area contributed by atoms with E-state index in [0.29, 0.717) is 5.41 Å². The molecule has 0 amide bonds. The van der Waals surface area contributed by atoms with Crippen LogP contribution in [0.2, 0.25) is 0 Å². The summed E-state index contributed by atoms with van der Waals surface area (Å²) in [6.07, 6.45) is 9.91. The molecule has 0 aromatic rings. The Bertz CT molecular complexity index is 255. The summed E-state index contributed by atoms with van der Waals surface area (Å²) in [7, 11) is 6.73. The van der Waals surface area contributed by atoms with Gasteiger partial charge in [-0.05, 0) is 58.8 Å². The van der Waals surface area contributed by atoms with Gasteiger partial charge in [-0.2, -0.15) is 0 Å². The molecular formula is C16H33N3. The number of nitrogens with zero attached hydrogens (tertiary/aromatic N) is 2. The fourth-order valence-corrected chi connectivity index (χ4v) is 4.27. The molecule has 1 aliphatic heterocycles. The molecule has 1 saturated heterocycles. The molecule has 1 heterocycles. The fourth-order valence-electron chi connectivity index (χ4n) is 4.27. The maximum atomic E-state index is 3.45. The first-order valence-corrected chi connectivity index (χ1v) is 8.19. The third-order valence-electron chi connectivity index (χ3n) is 5.27. The second kappa shape index (κ2) is 7.05. The van der Waals surface area contributed by atoms with E-state index in [1.54, 1.807) is 0 Å². The van der Waals surface area contributed by atoms with Crippen molar-refractivity contribution in [2.24, 2.45) is 5.41 Å². The summed E-state index contributed by atoms with van der Waals surface area (Å²) in [4.78, 5) is 5.15. The molecule has 2 rings (SSSR count). The Kier molecular flexibility index (Phi) is 5.67. The quantitative estimate of drug-likeness (QED) is 0.796. The molecular weight excluding hydrogens is 234 g/mol. The maximum Gasteiger partial charge on any atom is 0.0220 e. The Morgan fingerprint density at radius 1 is 1.21 bits per heavy atom. The minimum atomic E-state index is 0.541. The molecule has 1 unspecified atom stereocenters. The predicted molar refractivity (Wildman–Crippen MR) is 82.6 cm³/mol. The lowest BCUT2D eigenvalue weighted by Crippen LogP contribution is -2.46. The van der Waals surface area contributed by atoms with Gasteiger partial charge in [-0.15, -0.1) is 0 Å². The van der Waals surface area contributed by atoms with Crippen LogP contribution in [0.1, 0.15) is 44.9 Å². The topological polar surface area (TPSA) is 18.5 Å². The van der Waals surface area contributed by atoms with Gasteiger partial charge in [-0.25, -0.2) is 0 Å². The smallest absolute Gasteiger partial charge is 0.0220 e. The van der Waals surface area contributed by atoms with Crippen molar-refractivity contribution in [3.63, 3.8) is 0 Å². The van der Waals surface area contributed by atoms with Crippen molar-refractivity contribution in [3.8, 4) is 0 Å². The summed E-state index contributed by atoms with van der Waals surface area (Å²) < 4.78 is 0. The zero-order valence-electron chi connectivity index (χ0n) is 13.2. The first-order chi connectivity index (χ1) is 9.15. The number of likely N-dealkylation sites (tertiary alicyclic amines) is 1. The van der Waals surface area contributed by atoms with Crippen LogP contribution < -0.4 is 5.32 Å². The molecule has 0 spiro atoms. The Balaban J connectivity index is 1.85. The molecule has 1 N–H and O–H groups in total. The Morgan fingerprint density at radius 3 is 2.53 bits per heavy atom. The van der Waals surface area contributed by atoms with Crippen LogP contribution in [-0.2, 0) is 0 Å². The minimum Gasteiger partial charge on any atom is -0.319 e. The lowest BCUT2D eigenvalue weighted by atomic mass is 9.73. The van der Waals surface area contributed by atoms with E-state index in [4.69, 9.17) is 0 Å². The number of nitrogens with one attached hydrogen (secondary N) is 1. The van der Waals surface area contributed by atoms with Crippen molar-refractivity contribution < 1.29 is 0 Å². The van der Waals surface area contributed by atoms with E-state index in [-0.39, 0.29) is 0 Å². The Morgan fingerprint density at radius 2 is 1.95 bits per heavy atom. The molecule has 19 heavy (non-hydrogen) atoms.